The van der Waals surface area contributed by atoms with E-state index in [1.54, 1.807) is 18.2 Å². The molecule has 1 aromatic carbocycles. The van der Waals surface area contributed by atoms with Gasteiger partial charge >= 0.3 is 5.97 Å². The number of benzene rings is 1. The minimum Gasteiger partial charge on any atom is -0.497 e. The van der Waals surface area contributed by atoms with Crippen molar-refractivity contribution in [3.63, 3.8) is 0 Å². The Balaban J connectivity index is 3.00. The molecule has 0 unspecified atom stereocenters. The third kappa shape index (κ3) is 5.35. The molecule has 1 aromatic rings. The quantitative estimate of drug-likeness (QED) is 0.800. The van der Waals surface area contributed by atoms with Crippen molar-refractivity contribution in [2.75, 3.05) is 40.8 Å². The van der Waals surface area contributed by atoms with Gasteiger partial charge in [-0.05, 0) is 48.2 Å². The predicted octanol–water partition coefficient (Wildman–Crippen LogP) is 1.55. The minimum absolute atomic E-state index is 0.335. The molecule has 0 aliphatic rings. The summed E-state index contributed by atoms with van der Waals surface area (Å²) in [4.78, 5) is 26.7. The number of likely N-dealkylation sites (N-methyl/N-ethyl adjacent to an activating group) is 1. The molecule has 0 saturated heterocycles. The van der Waals surface area contributed by atoms with Crippen molar-refractivity contribution in [2.45, 2.75) is 0 Å². The van der Waals surface area contributed by atoms with E-state index < -0.39 is 5.97 Å². The van der Waals surface area contributed by atoms with E-state index in [1.165, 1.54) is 12.0 Å². The van der Waals surface area contributed by atoms with Gasteiger partial charge in [-0.2, -0.15) is 0 Å². The second-order valence-corrected chi connectivity index (χ2v) is 5.62. The van der Waals surface area contributed by atoms with Crippen LogP contribution >= 0.6 is 15.9 Å². The molecule has 1 N–H and O–H groups in total. The smallest absolute Gasteiger partial charge is 0.323 e. The van der Waals surface area contributed by atoms with Gasteiger partial charge < -0.3 is 19.6 Å². The zero-order valence-electron chi connectivity index (χ0n) is 12.3. The highest BCUT2D eigenvalue weighted by atomic mass is 79.9. The molecule has 0 radical (unpaired) electrons. The van der Waals surface area contributed by atoms with Gasteiger partial charge in [0.15, 0.2) is 0 Å². The Morgan fingerprint density at radius 2 is 1.95 bits per heavy atom. The fraction of sp³-hybridized carbons (Fsp3) is 0.429. The number of carbonyl (C=O) groups is 2. The van der Waals surface area contributed by atoms with Crippen molar-refractivity contribution in [3.05, 3.63) is 28.2 Å². The third-order valence-electron chi connectivity index (χ3n) is 2.83. The van der Waals surface area contributed by atoms with Crippen LogP contribution in [0.2, 0.25) is 0 Å². The number of carbonyl (C=O) groups excluding carboxylic acids is 1. The van der Waals surface area contributed by atoms with E-state index in [9.17, 15) is 9.59 Å². The summed E-state index contributed by atoms with van der Waals surface area (Å²) in [6.45, 7) is 0.582. The normalized spacial score (nSPS) is 10.5. The molecule has 0 saturated carbocycles. The second kappa shape index (κ2) is 7.99. The topological polar surface area (TPSA) is 70.1 Å². The number of amides is 1. The highest BCUT2D eigenvalue weighted by Crippen LogP contribution is 2.23. The molecule has 1 rings (SSSR count). The molecule has 0 aromatic heterocycles. The maximum atomic E-state index is 12.5. The minimum atomic E-state index is -1.04. The SMILES string of the molecule is COc1ccc(Br)c(C(=O)N(CCN(C)C)CC(=O)O)c1. The first-order valence-corrected chi connectivity index (χ1v) is 7.13. The fourth-order valence-electron chi connectivity index (χ4n) is 1.70. The molecule has 21 heavy (non-hydrogen) atoms. The molecule has 0 aliphatic carbocycles. The average Bonchev–Trinajstić information content (AvgIpc) is 2.42. The molecular formula is C14H19BrN2O4. The summed E-state index contributed by atoms with van der Waals surface area (Å²) in [5.74, 6) is -0.837. The average molecular weight is 359 g/mol. The van der Waals surface area contributed by atoms with Gasteiger partial charge in [0.05, 0.1) is 12.7 Å². The van der Waals surface area contributed by atoms with Crippen molar-refractivity contribution < 1.29 is 19.4 Å². The van der Waals surface area contributed by atoms with Gasteiger partial charge in [0.2, 0.25) is 0 Å². The number of nitrogens with zero attached hydrogens (tertiary/aromatic N) is 2. The van der Waals surface area contributed by atoms with Crippen LogP contribution in [0.25, 0.3) is 0 Å². The van der Waals surface area contributed by atoms with Crippen LogP contribution in [0.5, 0.6) is 5.75 Å². The molecule has 0 aliphatic heterocycles. The number of rotatable bonds is 7. The van der Waals surface area contributed by atoms with Crippen LogP contribution in [-0.4, -0.2) is 67.6 Å². The first kappa shape index (κ1) is 17.5. The molecule has 7 heteroatoms. The molecule has 6 nitrogen and oxygen atoms in total. The van der Waals surface area contributed by atoms with Gasteiger partial charge in [-0.15, -0.1) is 0 Å². The van der Waals surface area contributed by atoms with E-state index in [2.05, 4.69) is 15.9 Å². The molecular weight excluding hydrogens is 340 g/mol. The lowest BCUT2D eigenvalue weighted by Gasteiger charge is -2.23. The largest absolute Gasteiger partial charge is 0.497 e. The zero-order valence-corrected chi connectivity index (χ0v) is 13.9. The number of hydrogen-bond acceptors (Lipinski definition) is 4. The maximum Gasteiger partial charge on any atom is 0.323 e. The van der Waals surface area contributed by atoms with Gasteiger partial charge in [-0.3, -0.25) is 9.59 Å². The molecule has 0 fully saturated rings. The van der Waals surface area contributed by atoms with Gasteiger partial charge in [0.1, 0.15) is 12.3 Å². The zero-order chi connectivity index (χ0) is 16.0. The summed E-state index contributed by atoms with van der Waals surface area (Å²) in [6.07, 6.45) is 0. The van der Waals surface area contributed by atoms with Crippen molar-refractivity contribution in [1.29, 1.82) is 0 Å². The van der Waals surface area contributed by atoms with E-state index in [-0.39, 0.29) is 12.5 Å². The first-order chi connectivity index (χ1) is 9.85. The van der Waals surface area contributed by atoms with Crippen molar-refractivity contribution in [3.8, 4) is 5.75 Å². The summed E-state index contributed by atoms with van der Waals surface area (Å²) in [6, 6.07) is 5.02. The van der Waals surface area contributed by atoms with Crippen LogP contribution in [0.3, 0.4) is 0 Å². The Morgan fingerprint density at radius 1 is 1.29 bits per heavy atom. The molecule has 0 atom stereocenters. The molecule has 0 heterocycles. The van der Waals surface area contributed by atoms with Crippen molar-refractivity contribution >= 4 is 27.8 Å². The Hall–Kier alpha value is -1.60. The van der Waals surface area contributed by atoms with E-state index in [0.29, 0.717) is 28.9 Å². The number of carboxylic acid groups (broad SMARTS) is 1. The molecule has 116 valence electrons. The van der Waals surface area contributed by atoms with Crippen LogP contribution < -0.4 is 4.74 Å². The lowest BCUT2D eigenvalue weighted by Crippen LogP contribution is -2.40. The molecule has 0 bridgehead atoms. The summed E-state index contributed by atoms with van der Waals surface area (Å²) in [5.41, 5.74) is 0.384. The summed E-state index contributed by atoms with van der Waals surface area (Å²) in [5, 5.41) is 8.97. The van der Waals surface area contributed by atoms with E-state index in [0.717, 1.165) is 0 Å². The van der Waals surface area contributed by atoms with Gasteiger partial charge in [-0.25, -0.2) is 0 Å². The third-order valence-corrected chi connectivity index (χ3v) is 3.53. The Morgan fingerprint density at radius 3 is 2.48 bits per heavy atom. The van der Waals surface area contributed by atoms with Crippen LogP contribution in [0.4, 0.5) is 0 Å². The van der Waals surface area contributed by atoms with E-state index in [4.69, 9.17) is 9.84 Å². The lowest BCUT2D eigenvalue weighted by molar-refractivity contribution is -0.137. The van der Waals surface area contributed by atoms with E-state index in [1.807, 2.05) is 19.0 Å². The number of halogens is 1. The summed E-state index contributed by atoms with van der Waals surface area (Å²) < 4.78 is 5.71. The number of ether oxygens (including phenoxy) is 1. The summed E-state index contributed by atoms with van der Waals surface area (Å²) >= 11 is 3.31. The Kier molecular flexibility index (Phi) is 6.64. The van der Waals surface area contributed by atoms with Gasteiger partial charge in [0, 0.05) is 17.6 Å². The number of aliphatic carboxylic acids is 1. The summed E-state index contributed by atoms with van der Waals surface area (Å²) in [7, 11) is 5.24. The lowest BCUT2D eigenvalue weighted by atomic mass is 10.2. The van der Waals surface area contributed by atoms with Crippen LogP contribution in [0, 0.1) is 0 Å². The fourth-order valence-corrected chi connectivity index (χ4v) is 2.12. The molecule has 0 spiro atoms. The Labute approximate surface area is 132 Å². The van der Waals surface area contributed by atoms with Crippen LogP contribution in [0.1, 0.15) is 10.4 Å². The number of carboxylic acids is 1. The predicted molar refractivity (Wildman–Crippen MR) is 82.8 cm³/mol. The number of methoxy groups -OCH3 is 1. The first-order valence-electron chi connectivity index (χ1n) is 6.34. The number of hydrogen-bond donors (Lipinski definition) is 1. The Bertz CT molecular complexity index is 520. The highest BCUT2D eigenvalue weighted by molar-refractivity contribution is 9.10. The van der Waals surface area contributed by atoms with Crippen LogP contribution in [-0.2, 0) is 4.79 Å². The van der Waals surface area contributed by atoms with E-state index >= 15 is 0 Å². The highest BCUT2D eigenvalue weighted by Gasteiger charge is 2.21. The van der Waals surface area contributed by atoms with Crippen LogP contribution in [0.15, 0.2) is 22.7 Å². The van der Waals surface area contributed by atoms with Crippen molar-refractivity contribution in [2.24, 2.45) is 0 Å². The second-order valence-electron chi connectivity index (χ2n) is 4.77. The van der Waals surface area contributed by atoms with Crippen molar-refractivity contribution in [1.82, 2.24) is 9.80 Å². The maximum absolute atomic E-state index is 12.5. The van der Waals surface area contributed by atoms with Gasteiger partial charge in [0.25, 0.3) is 5.91 Å². The van der Waals surface area contributed by atoms with Gasteiger partial charge in [-0.1, -0.05) is 0 Å². The molecule has 1 amide bonds. The standard InChI is InChI=1S/C14H19BrN2O4/c1-16(2)6-7-17(9-13(18)19)14(20)11-8-10(21-3)4-5-12(11)15/h4-5,8H,6-7,9H2,1-3H3,(H,18,19). The monoisotopic (exact) mass is 358 g/mol.